The molecule has 0 aromatic heterocycles. The molecule has 0 aliphatic carbocycles. The fourth-order valence-electron chi connectivity index (χ4n) is 2.37. The van der Waals surface area contributed by atoms with Crippen LogP contribution in [0.5, 0.6) is 0 Å². The van der Waals surface area contributed by atoms with Crippen LogP contribution in [-0.4, -0.2) is 55.2 Å². The van der Waals surface area contributed by atoms with Crippen LogP contribution in [0, 0.1) is 0 Å². The third kappa shape index (κ3) is 6.80. The van der Waals surface area contributed by atoms with Gasteiger partial charge in [-0.1, -0.05) is 0 Å². The average molecular weight is 299 g/mol. The number of ether oxygens (including phenoxy) is 1. The second-order valence-electron chi connectivity index (χ2n) is 6.45. The molecular weight excluding hydrogens is 270 g/mol. The molecule has 6 heteroatoms. The van der Waals surface area contributed by atoms with E-state index in [-0.39, 0.29) is 18.0 Å². The Kier molecular flexibility index (Phi) is 6.95. The lowest BCUT2D eigenvalue weighted by Crippen LogP contribution is -2.50. The molecule has 1 unspecified atom stereocenters. The van der Waals surface area contributed by atoms with Crippen LogP contribution in [0.4, 0.5) is 4.79 Å². The van der Waals surface area contributed by atoms with Crippen LogP contribution in [0.15, 0.2) is 0 Å². The summed E-state index contributed by atoms with van der Waals surface area (Å²) >= 11 is 0. The molecule has 1 heterocycles. The number of nitrogens with one attached hydrogen (secondary N) is 2. The van der Waals surface area contributed by atoms with Crippen LogP contribution >= 0.6 is 0 Å². The molecule has 0 spiro atoms. The highest BCUT2D eigenvalue weighted by Gasteiger charge is 2.30. The maximum Gasteiger partial charge on any atom is 0.410 e. The van der Waals surface area contributed by atoms with Crippen LogP contribution in [0.2, 0.25) is 0 Å². The van der Waals surface area contributed by atoms with Crippen molar-refractivity contribution in [2.24, 2.45) is 0 Å². The van der Waals surface area contributed by atoms with Crippen LogP contribution < -0.4 is 10.6 Å². The van der Waals surface area contributed by atoms with Gasteiger partial charge in [0, 0.05) is 39.1 Å². The summed E-state index contributed by atoms with van der Waals surface area (Å²) in [4.78, 5) is 25.2. The molecule has 1 rings (SSSR count). The van der Waals surface area contributed by atoms with E-state index in [1.165, 1.54) is 0 Å². The van der Waals surface area contributed by atoms with Crippen LogP contribution in [-0.2, 0) is 9.53 Å². The van der Waals surface area contributed by atoms with Gasteiger partial charge in [-0.05, 0) is 40.0 Å². The normalized spacial score (nSPS) is 19.2. The Bertz CT molecular complexity index is 353. The van der Waals surface area contributed by atoms with Crippen molar-refractivity contribution in [3.8, 4) is 0 Å². The van der Waals surface area contributed by atoms with E-state index in [0.29, 0.717) is 19.5 Å². The van der Waals surface area contributed by atoms with Crippen molar-refractivity contribution >= 4 is 12.0 Å². The zero-order chi connectivity index (χ0) is 15.9. The van der Waals surface area contributed by atoms with Crippen LogP contribution in [0.25, 0.3) is 0 Å². The van der Waals surface area contributed by atoms with Crippen molar-refractivity contribution in [2.75, 3.05) is 26.7 Å². The molecule has 0 saturated carbocycles. The Morgan fingerprint density at radius 2 is 2.00 bits per heavy atom. The van der Waals surface area contributed by atoms with E-state index < -0.39 is 5.60 Å². The summed E-state index contributed by atoms with van der Waals surface area (Å²) in [6.07, 6.45) is 3.34. The molecule has 1 aliphatic rings. The minimum atomic E-state index is -0.467. The van der Waals surface area contributed by atoms with Crippen LogP contribution in [0.1, 0.15) is 46.5 Å². The number of likely N-dealkylation sites (tertiary alicyclic amines) is 1. The SMILES string of the molecule is CNC(=O)CCNCC1CCCCN1C(=O)OC(C)(C)C. The van der Waals surface area contributed by atoms with Gasteiger partial charge >= 0.3 is 6.09 Å². The zero-order valence-electron chi connectivity index (χ0n) is 13.7. The fourth-order valence-corrected chi connectivity index (χ4v) is 2.37. The molecule has 21 heavy (non-hydrogen) atoms. The van der Waals surface area contributed by atoms with Gasteiger partial charge in [0.25, 0.3) is 0 Å². The summed E-state index contributed by atoms with van der Waals surface area (Å²) in [5.74, 6) is 0.0233. The average Bonchev–Trinajstić information content (AvgIpc) is 2.41. The molecule has 0 radical (unpaired) electrons. The molecule has 122 valence electrons. The Labute approximate surface area is 127 Å². The second kappa shape index (κ2) is 8.22. The van der Waals surface area contributed by atoms with Gasteiger partial charge in [-0.2, -0.15) is 0 Å². The molecule has 2 amide bonds. The van der Waals surface area contributed by atoms with Crippen molar-refractivity contribution in [3.05, 3.63) is 0 Å². The van der Waals surface area contributed by atoms with Gasteiger partial charge in [-0.25, -0.2) is 4.79 Å². The molecule has 6 nitrogen and oxygen atoms in total. The maximum absolute atomic E-state index is 12.2. The maximum atomic E-state index is 12.2. The van der Waals surface area contributed by atoms with Crippen molar-refractivity contribution < 1.29 is 14.3 Å². The summed E-state index contributed by atoms with van der Waals surface area (Å²) in [6.45, 7) is 7.72. The van der Waals surface area contributed by atoms with E-state index in [2.05, 4.69) is 10.6 Å². The summed E-state index contributed by atoms with van der Waals surface area (Å²) in [5, 5.41) is 5.85. The van der Waals surface area contributed by atoms with E-state index in [1.807, 2.05) is 25.7 Å². The van der Waals surface area contributed by atoms with Gasteiger partial charge in [0.15, 0.2) is 0 Å². The predicted molar refractivity (Wildman–Crippen MR) is 82.1 cm³/mol. The Morgan fingerprint density at radius 1 is 1.29 bits per heavy atom. The van der Waals surface area contributed by atoms with Crippen molar-refractivity contribution in [3.63, 3.8) is 0 Å². The van der Waals surface area contributed by atoms with Gasteiger partial charge in [0.2, 0.25) is 5.91 Å². The highest BCUT2D eigenvalue weighted by atomic mass is 16.6. The Balaban J connectivity index is 2.42. The number of rotatable bonds is 5. The van der Waals surface area contributed by atoms with Gasteiger partial charge in [0.1, 0.15) is 5.60 Å². The number of nitrogens with zero attached hydrogens (tertiary/aromatic N) is 1. The second-order valence-corrected chi connectivity index (χ2v) is 6.45. The van der Waals surface area contributed by atoms with E-state index in [4.69, 9.17) is 4.74 Å². The first kappa shape index (κ1) is 17.8. The van der Waals surface area contributed by atoms with E-state index in [1.54, 1.807) is 7.05 Å². The number of piperidine rings is 1. The van der Waals surface area contributed by atoms with Crippen molar-refractivity contribution in [1.29, 1.82) is 0 Å². The molecule has 0 bridgehead atoms. The first-order chi connectivity index (χ1) is 9.83. The molecule has 0 aromatic carbocycles. The number of amides is 2. The number of hydrogen-bond donors (Lipinski definition) is 2. The van der Waals surface area contributed by atoms with E-state index >= 15 is 0 Å². The van der Waals surface area contributed by atoms with Gasteiger partial charge in [-0.3, -0.25) is 4.79 Å². The minimum Gasteiger partial charge on any atom is -0.444 e. The predicted octanol–water partition coefficient (Wildman–Crippen LogP) is 1.50. The summed E-state index contributed by atoms with van der Waals surface area (Å²) < 4.78 is 5.46. The summed E-state index contributed by atoms with van der Waals surface area (Å²) in [6, 6.07) is 0.151. The smallest absolute Gasteiger partial charge is 0.410 e. The molecular formula is C15H29N3O3. The Hall–Kier alpha value is -1.30. The molecule has 1 atom stereocenters. The first-order valence-corrected chi connectivity index (χ1v) is 7.74. The Morgan fingerprint density at radius 3 is 2.62 bits per heavy atom. The lowest BCUT2D eigenvalue weighted by molar-refractivity contribution is -0.120. The molecule has 2 N–H and O–H groups in total. The third-order valence-corrected chi connectivity index (χ3v) is 3.44. The molecule has 1 aliphatic heterocycles. The topological polar surface area (TPSA) is 70.7 Å². The highest BCUT2D eigenvalue weighted by molar-refractivity contribution is 5.75. The van der Waals surface area contributed by atoms with E-state index in [0.717, 1.165) is 25.8 Å². The fraction of sp³-hybridized carbons (Fsp3) is 0.867. The van der Waals surface area contributed by atoms with Gasteiger partial charge < -0.3 is 20.3 Å². The molecule has 0 aromatic rings. The number of hydrogen-bond acceptors (Lipinski definition) is 4. The highest BCUT2D eigenvalue weighted by Crippen LogP contribution is 2.19. The zero-order valence-corrected chi connectivity index (χ0v) is 13.7. The summed E-state index contributed by atoms with van der Waals surface area (Å²) in [5.41, 5.74) is -0.467. The van der Waals surface area contributed by atoms with Crippen LogP contribution in [0.3, 0.4) is 0 Å². The van der Waals surface area contributed by atoms with Gasteiger partial charge in [0.05, 0.1) is 0 Å². The van der Waals surface area contributed by atoms with Gasteiger partial charge in [-0.15, -0.1) is 0 Å². The largest absolute Gasteiger partial charge is 0.444 e. The van der Waals surface area contributed by atoms with E-state index in [9.17, 15) is 9.59 Å². The van der Waals surface area contributed by atoms with Crippen molar-refractivity contribution in [1.82, 2.24) is 15.5 Å². The monoisotopic (exact) mass is 299 g/mol. The number of carbonyl (C=O) groups is 2. The molecule has 1 fully saturated rings. The minimum absolute atomic E-state index is 0.0233. The first-order valence-electron chi connectivity index (χ1n) is 7.74. The number of carbonyl (C=O) groups excluding carboxylic acids is 2. The lowest BCUT2D eigenvalue weighted by Gasteiger charge is -2.36. The third-order valence-electron chi connectivity index (χ3n) is 3.44. The quantitative estimate of drug-likeness (QED) is 0.755. The summed E-state index contributed by atoms with van der Waals surface area (Å²) in [7, 11) is 1.63. The molecule has 1 saturated heterocycles. The van der Waals surface area contributed by atoms with Crippen molar-refractivity contribution in [2.45, 2.75) is 58.1 Å². The lowest BCUT2D eigenvalue weighted by atomic mass is 10.0. The standard InChI is InChI=1S/C15H29N3O3/c1-15(2,3)21-14(20)18-10-6-5-7-12(18)11-17-9-8-13(19)16-4/h12,17H,5-11H2,1-4H3,(H,16,19).